The van der Waals surface area contributed by atoms with Gasteiger partial charge < -0.3 is 28.8 Å². The van der Waals surface area contributed by atoms with Gasteiger partial charge in [0.1, 0.15) is 29.3 Å². The van der Waals surface area contributed by atoms with Gasteiger partial charge in [0.25, 0.3) is 0 Å². The second-order valence-corrected chi connectivity index (χ2v) is 12.9. The molecule has 1 fully saturated rings. The van der Waals surface area contributed by atoms with Crippen LogP contribution in [0.2, 0.25) is 0 Å². The fourth-order valence-electron chi connectivity index (χ4n) is 4.76. The van der Waals surface area contributed by atoms with E-state index >= 15 is 0 Å². The first-order chi connectivity index (χ1) is 20.4. The quantitative estimate of drug-likeness (QED) is 0.224. The zero-order valence-corrected chi connectivity index (χ0v) is 27.1. The lowest BCUT2D eigenvalue weighted by Gasteiger charge is -2.35. The number of aliphatic hydroxyl groups excluding tert-OH is 1. The number of rotatable bonds is 12. The van der Waals surface area contributed by atoms with Crippen LogP contribution in [0.15, 0.2) is 83.3 Å². The van der Waals surface area contributed by atoms with Crippen LogP contribution in [0.1, 0.15) is 57.4 Å². The molecule has 0 aromatic heterocycles. The van der Waals surface area contributed by atoms with Crippen LogP contribution in [-0.4, -0.2) is 59.5 Å². The molecule has 0 spiro atoms. The van der Waals surface area contributed by atoms with Crippen LogP contribution in [0.5, 0.6) is 5.75 Å². The van der Waals surface area contributed by atoms with Crippen molar-refractivity contribution in [3.63, 3.8) is 0 Å². The molecule has 9 heteroatoms. The summed E-state index contributed by atoms with van der Waals surface area (Å²) in [5, 5.41) is 11.1. The van der Waals surface area contributed by atoms with Crippen molar-refractivity contribution < 1.29 is 33.6 Å². The third-order valence-electron chi connectivity index (χ3n) is 6.92. The molecular formula is C34H42BrNO7. The summed E-state index contributed by atoms with van der Waals surface area (Å²) in [6, 6.07) is 24.9. The molecule has 1 aliphatic heterocycles. The van der Waals surface area contributed by atoms with E-state index in [0.717, 1.165) is 16.7 Å². The Labute approximate surface area is 263 Å². The molecule has 1 N–H and O–H groups in total. The van der Waals surface area contributed by atoms with Crippen molar-refractivity contribution in [3.8, 4) is 5.75 Å². The minimum absolute atomic E-state index is 0.0727. The topological polar surface area (TPSA) is 86.7 Å². The Kier molecular flexibility index (Phi) is 11.3. The Bertz CT molecular complexity index is 1310. The van der Waals surface area contributed by atoms with Gasteiger partial charge in [0.2, 0.25) is 0 Å². The number of carbonyl (C=O) groups is 1. The van der Waals surface area contributed by atoms with Gasteiger partial charge in [-0.1, -0.05) is 66.7 Å². The fourth-order valence-corrected chi connectivity index (χ4v) is 5.25. The maximum absolute atomic E-state index is 13.1. The molecule has 1 aliphatic rings. The van der Waals surface area contributed by atoms with Crippen molar-refractivity contribution >= 4 is 22.0 Å². The SMILES string of the molecule is CC(C)(C)OC(=O)N1[C@H](c2ccc(O[C@H](COCc3ccccc3)[C@@H](O)COCc3ccccc3)c(Br)c2)COC1(C)C. The molecule has 0 radical (unpaired) electrons. The van der Waals surface area contributed by atoms with Crippen molar-refractivity contribution in [1.82, 2.24) is 4.90 Å². The van der Waals surface area contributed by atoms with Crippen LogP contribution in [0, 0.1) is 0 Å². The second kappa shape index (κ2) is 14.7. The van der Waals surface area contributed by atoms with Crippen molar-refractivity contribution in [1.29, 1.82) is 0 Å². The standard InChI is InChI=1S/C34H42BrNO7/c1-33(2,3)43-32(38)36-28(21-41-34(36,4)5)26-16-17-30(27(35)18-26)42-31(23-40-20-25-14-10-7-11-15-25)29(37)22-39-19-24-12-8-6-9-13-24/h6-18,28-29,31,37H,19-23H2,1-5H3/t28-,29-,31+/m0/s1. The molecule has 0 saturated carbocycles. The van der Waals surface area contributed by atoms with Gasteiger partial charge in [0.05, 0.1) is 43.5 Å². The summed E-state index contributed by atoms with van der Waals surface area (Å²) in [7, 11) is 0. The van der Waals surface area contributed by atoms with E-state index < -0.39 is 29.6 Å². The van der Waals surface area contributed by atoms with Crippen LogP contribution in [0.4, 0.5) is 4.79 Å². The van der Waals surface area contributed by atoms with Crippen LogP contribution in [0.3, 0.4) is 0 Å². The van der Waals surface area contributed by atoms with Gasteiger partial charge >= 0.3 is 6.09 Å². The van der Waals surface area contributed by atoms with E-state index in [4.69, 9.17) is 23.7 Å². The highest BCUT2D eigenvalue weighted by molar-refractivity contribution is 9.10. The summed E-state index contributed by atoms with van der Waals surface area (Å²) < 4.78 is 30.4. The van der Waals surface area contributed by atoms with Gasteiger partial charge in [-0.3, -0.25) is 4.90 Å². The van der Waals surface area contributed by atoms with Crippen LogP contribution in [0.25, 0.3) is 0 Å². The molecule has 3 atom stereocenters. The average Bonchev–Trinajstić information content (AvgIpc) is 3.28. The predicted molar refractivity (Wildman–Crippen MR) is 168 cm³/mol. The number of ether oxygens (including phenoxy) is 5. The molecule has 232 valence electrons. The normalized spacial score (nSPS) is 17.8. The first kappa shape index (κ1) is 33.0. The van der Waals surface area contributed by atoms with E-state index in [-0.39, 0.29) is 19.3 Å². The summed E-state index contributed by atoms with van der Waals surface area (Å²) >= 11 is 3.64. The molecule has 3 aromatic rings. The van der Waals surface area contributed by atoms with E-state index in [2.05, 4.69) is 15.9 Å². The van der Waals surface area contributed by atoms with E-state index in [1.807, 2.05) is 113 Å². The highest BCUT2D eigenvalue weighted by atomic mass is 79.9. The molecule has 4 rings (SSSR count). The molecule has 0 aliphatic carbocycles. The molecule has 8 nitrogen and oxygen atoms in total. The molecule has 1 saturated heterocycles. The third kappa shape index (κ3) is 9.52. The average molecular weight is 657 g/mol. The third-order valence-corrected chi connectivity index (χ3v) is 7.54. The van der Waals surface area contributed by atoms with E-state index in [1.165, 1.54) is 0 Å². The summed E-state index contributed by atoms with van der Waals surface area (Å²) in [6.45, 7) is 10.5. The van der Waals surface area contributed by atoms with Crippen molar-refractivity contribution in [2.45, 2.75) is 77.4 Å². The lowest BCUT2D eigenvalue weighted by Crippen LogP contribution is -2.47. The Morgan fingerprint density at radius 3 is 2.12 bits per heavy atom. The number of aliphatic hydroxyl groups is 1. The minimum Gasteiger partial charge on any atom is -0.484 e. The molecular weight excluding hydrogens is 614 g/mol. The Morgan fingerprint density at radius 2 is 1.56 bits per heavy atom. The Morgan fingerprint density at radius 1 is 0.977 bits per heavy atom. The maximum atomic E-state index is 13.1. The molecule has 0 unspecified atom stereocenters. The smallest absolute Gasteiger partial charge is 0.413 e. The molecule has 0 bridgehead atoms. The van der Waals surface area contributed by atoms with Gasteiger partial charge in [-0.2, -0.15) is 0 Å². The predicted octanol–water partition coefficient (Wildman–Crippen LogP) is 7.04. The number of halogens is 1. The zero-order valence-electron chi connectivity index (χ0n) is 25.5. The first-order valence-electron chi connectivity index (χ1n) is 14.5. The number of amides is 1. The van der Waals surface area contributed by atoms with Gasteiger partial charge in [-0.25, -0.2) is 4.79 Å². The Hall–Kier alpha value is -2.95. The van der Waals surface area contributed by atoms with Gasteiger partial charge in [-0.05, 0) is 79.4 Å². The Balaban J connectivity index is 1.46. The van der Waals surface area contributed by atoms with E-state index in [1.54, 1.807) is 4.90 Å². The van der Waals surface area contributed by atoms with Crippen LogP contribution in [-0.2, 0) is 32.2 Å². The summed E-state index contributed by atoms with van der Waals surface area (Å²) in [4.78, 5) is 14.8. The van der Waals surface area contributed by atoms with Crippen molar-refractivity contribution in [2.24, 2.45) is 0 Å². The highest BCUT2D eigenvalue weighted by Crippen LogP contribution is 2.40. The van der Waals surface area contributed by atoms with Crippen LogP contribution < -0.4 is 4.74 Å². The number of hydrogen-bond donors (Lipinski definition) is 1. The van der Waals surface area contributed by atoms with Crippen molar-refractivity contribution in [2.75, 3.05) is 19.8 Å². The minimum atomic E-state index is -0.947. The largest absolute Gasteiger partial charge is 0.484 e. The van der Waals surface area contributed by atoms with Crippen molar-refractivity contribution in [3.05, 3.63) is 100 Å². The number of nitrogens with zero attached hydrogens (tertiary/aromatic N) is 1. The molecule has 43 heavy (non-hydrogen) atoms. The van der Waals surface area contributed by atoms with Gasteiger partial charge in [-0.15, -0.1) is 0 Å². The highest BCUT2D eigenvalue weighted by Gasteiger charge is 2.46. The van der Waals surface area contributed by atoms with E-state index in [0.29, 0.717) is 30.0 Å². The fraction of sp³-hybridized carbons (Fsp3) is 0.441. The molecule has 3 aromatic carbocycles. The summed E-state index contributed by atoms with van der Waals surface area (Å²) in [6.07, 6.45) is -2.09. The summed E-state index contributed by atoms with van der Waals surface area (Å²) in [5.41, 5.74) is 1.43. The zero-order chi connectivity index (χ0) is 31.0. The summed E-state index contributed by atoms with van der Waals surface area (Å²) in [5.74, 6) is 0.529. The lowest BCUT2D eigenvalue weighted by atomic mass is 10.1. The maximum Gasteiger partial charge on any atom is 0.413 e. The van der Waals surface area contributed by atoms with E-state index in [9.17, 15) is 9.90 Å². The molecule has 1 heterocycles. The van der Waals surface area contributed by atoms with Gasteiger partial charge in [0.15, 0.2) is 0 Å². The number of carbonyl (C=O) groups excluding carboxylic acids is 1. The van der Waals surface area contributed by atoms with Gasteiger partial charge in [0, 0.05) is 0 Å². The first-order valence-corrected chi connectivity index (χ1v) is 15.3. The monoisotopic (exact) mass is 655 g/mol. The molecule has 1 amide bonds. The lowest BCUT2D eigenvalue weighted by molar-refractivity contribution is -0.0655. The number of hydrogen-bond acceptors (Lipinski definition) is 7. The number of benzene rings is 3. The van der Waals surface area contributed by atoms with Crippen LogP contribution >= 0.6 is 15.9 Å². The second-order valence-electron chi connectivity index (χ2n) is 12.0.